The highest BCUT2D eigenvalue weighted by atomic mass is 16.6. The second-order valence-electron chi connectivity index (χ2n) is 6.20. The van der Waals surface area contributed by atoms with E-state index in [4.69, 9.17) is 4.74 Å². The van der Waals surface area contributed by atoms with Gasteiger partial charge in [-0.3, -0.25) is 19.8 Å². The minimum absolute atomic E-state index is 0.0713. The predicted octanol–water partition coefficient (Wildman–Crippen LogP) is 2.33. The number of piperidine rings is 1. The Hall–Kier alpha value is -1.95. The summed E-state index contributed by atoms with van der Waals surface area (Å²) in [5.74, 6) is -0.308. The van der Waals surface area contributed by atoms with Crippen LogP contribution in [0.5, 0.6) is 0 Å². The molecule has 0 aliphatic carbocycles. The molecule has 4 atom stereocenters. The zero-order chi connectivity index (χ0) is 15.9. The molecule has 2 aliphatic heterocycles. The van der Waals surface area contributed by atoms with Crippen molar-refractivity contribution in [3.63, 3.8) is 0 Å². The molecule has 118 valence electrons. The summed E-state index contributed by atoms with van der Waals surface area (Å²) in [6, 6.07) is 7.28. The van der Waals surface area contributed by atoms with E-state index in [0.29, 0.717) is 6.04 Å². The normalized spacial score (nSPS) is 31.0. The molecule has 2 bridgehead atoms. The fourth-order valence-corrected chi connectivity index (χ4v) is 4.11. The first-order chi connectivity index (χ1) is 10.5. The Morgan fingerprint density at radius 3 is 2.59 bits per heavy atom. The van der Waals surface area contributed by atoms with Gasteiger partial charge in [-0.25, -0.2) is 0 Å². The first-order valence-corrected chi connectivity index (χ1v) is 7.57. The Morgan fingerprint density at radius 2 is 2.00 bits per heavy atom. The number of methoxy groups -OCH3 is 1. The SMILES string of the molecule is COC(=O)C1C(c2ccc([N+](=O)[O-])cc2)C[C@H]2CCC1N2C. The Bertz CT molecular complexity index is 586. The number of ether oxygens (including phenoxy) is 1. The lowest BCUT2D eigenvalue weighted by molar-refractivity contribution is -0.384. The van der Waals surface area contributed by atoms with Crippen molar-refractivity contribution in [2.24, 2.45) is 5.92 Å². The largest absolute Gasteiger partial charge is 0.469 e. The number of esters is 1. The van der Waals surface area contributed by atoms with Gasteiger partial charge in [0, 0.05) is 30.1 Å². The summed E-state index contributed by atoms with van der Waals surface area (Å²) in [7, 11) is 3.50. The zero-order valence-electron chi connectivity index (χ0n) is 12.8. The van der Waals surface area contributed by atoms with Crippen LogP contribution < -0.4 is 0 Å². The maximum atomic E-state index is 12.3. The van der Waals surface area contributed by atoms with Crippen LogP contribution in [0.15, 0.2) is 24.3 Å². The quantitative estimate of drug-likeness (QED) is 0.487. The van der Waals surface area contributed by atoms with E-state index in [1.54, 1.807) is 12.1 Å². The lowest BCUT2D eigenvalue weighted by atomic mass is 9.76. The van der Waals surface area contributed by atoms with Crippen LogP contribution in [-0.4, -0.2) is 42.0 Å². The Labute approximate surface area is 129 Å². The van der Waals surface area contributed by atoms with Crippen molar-refractivity contribution in [2.75, 3.05) is 14.2 Å². The van der Waals surface area contributed by atoms with Crippen molar-refractivity contribution in [2.45, 2.75) is 37.3 Å². The molecule has 0 aromatic heterocycles. The number of non-ortho nitro benzene ring substituents is 1. The van der Waals surface area contributed by atoms with Crippen molar-refractivity contribution in [3.05, 3.63) is 39.9 Å². The van der Waals surface area contributed by atoms with E-state index in [0.717, 1.165) is 24.8 Å². The highest BCUT2D eigenvalue weighted by Crippen LogP contribution is 2.46. The van der Waals surface area contributed by atoms with Gasteiger partial charge < -0.3 is 4.74 Å². The summed E-state index contributed by atoms with van der Waals surface area (Å²) in [5, 5.41) is 10.8. The first-order valence-electron chi connectivity index (χ1n) is 7.57. The molecule has 1 aromatic rings. The maximum absolute atomic E-state index is 12.3. The number of hydrogen-bond donors (Lipinski definition) is 0. The van der Waals surface area contributed by atoms with Gasteiger partial charge in [-0.1, -0.05) is 12.1 Å². The summed E-state index contributed by atoms with van der Waals surface area (Å²) in [6.45, 7) is 0. The van der Waals surface area contributed by atoms with E-state index >= 15 is 0 Å². The van der Waals surface area contributed by atoms with Crippen molar-refractivity contribution in [3.8, 4) is 0 Å². The third kappa shape index (κ3) is 2.37. The average Bonchev–Trinajstić information content (AvgIpc) is 2.76. The van der Waals surface area contributed by atoms with Crippen LogP contribution in [0.25, 0.3) is 0 Å². The van der Waals surface area contributed by atoms with Crippen LogP contribution in [0, 0.1) is 16.0 Å². The van der Waals surface area contributed by atoms with Gasteiger partial charge >= 0.3 is 5.97 Å². The second-order valence-corrected chi connectivity index (χ2v) is 6.20. The number of carbonyl (C=O) groups is 1. The van der Waals surface area contributed by atoms with Crippen LogP contribution in [-0.2, 0) is 9.53 Å². The summed E-state index contributed by atoms with van der Waals surface area (Å²) in [4.78, 5) is 25.0. The third-order valence-electron chi connectivity index (χ3n) is 5.27. The molecule has 6 heteroatoms. The topological polar surface area (TPSA) is 72.7 Å². The average molecular weight is 304 g/mol. The number of benzene rings is 1. The van der Waals surface area contributed by atoms with Crippen LogP contribution in [0.3, 0.4) is 0 Å². The Kier molecular flexibility index (Phi) is 3.87. The smallest absolute Gasteiger partial charge is 0.310 e. The lowest BCUT2D eigenvalue weighted by Crippen LogP contribution is -2.49. The van der Waals surface area contributed by atoms with E-state index in [1.807, 2.05) is 0 Å². The minimum atomic E-state index is -0.403. The number of fused-ring (bicyclic) bond motifs is 2. The fourth-order valence-electron chi connectivity index (χ4n) is 4.11. The molecule has 2 heterocycles. The maximum Gasteiger partial charge on any atom is 0.310 e. The molecule has 0 saturated carbocycles. The van der Waals surface area contributed by atoms with Gasteiger partial charge in [-0.2, -0.15) is 0 Å². The second kappa shape index (κ2) is 5.68. The zero-order valence-corrected chi connectivity index (χ0v) is 12.8. The summed E-state index contributed by atoms with van der Waals surface area (Å²) in [5.41, 5.74) is 1.07. The molecule has 0 radical (unpaired) electrons. The van der Waals surface area contributed by atoms with Crippen LogP contribution >= 0.6 is 0 Å². The monoisotopic (exact) mass is 304 g/mol. The molecular weight excluding hydrogens is 284 g/mol. The molecule has 0 N–H and O–H groups in total. The predicted molar refractivity (Wildman–Crippen MR) is 80.5 cm³/mol. The third-order valence-corrected chi connectivity index (χ3v) is 5.27. The van der Waals surface area contributed by atoms with Gasteiger partial charge in [0.05, 0.1) is 18.0 Å². The molecule has 1 aromatic carbocycles. The van der Waals surface area contributed by atoms with Crippen molar-refractivity contribution in [1.82, 2.24) is 4.90 Å². The molecule has 3 rings (SSSR count). The van der Waals surface area contributed by atoms with Crippen molar-refractivity contribution < 1.29 is 14.5 Å². The number of nitrogens with zero attached hydrogens (tertiary/aromatic N) is 2. The first kappa shape index (κ1) is 15.0. The van der Waals surface area contributed by atoms with E-state index < -0.39 is 4.92 Å². The molecule has 0 spiro atoms. The van der Waals surface area contributed by atoms with Crippen LogP contribution in [0.2, 0.25) is 0 Å². The number of hydrogen-bond acceptors (Lipinski definition) is 5. The molecule has 22 heavy (non-hydrogen) atoms. The summed E-state index contributed by atoms with van der Waals surface area (Å²) < 4.78 is 5.03. The molecule has 2 fully saturated rings. The van der Waals surface area contributed by atoms with Gasteiger partial charge in [-0.15, -0.1) is 0 Å². The highest BCUT2D eigenvalue weighted by molar-refractivity contribution is 5.75. The van der Waals surface area contributed by atoms with Gasteiger partial charge in [0.1, 0.15) is 0 Å². The van der Waals surface area contributed by atoms with Crippen LogP contribution in [0.1, 0.15) is 30.7 Å². The van der Waals surface area contributed by atoms with Gasteiger partial charge in [0.2, 0.25) is 0 Å². The summed E-state index contributed by atoms with van der Waals surface area (Å²) >= 11 is 0. The van der Waals surface area contributed by atoms with E-state index in [9.17, 15) is 14.9 Å². The molecule has 6 nitrogen and oxygen atoms in total. The van der Waals surface area contributed by atoms with Gasteiger partial charge in [-0.05, 0) is 31.9 Å². The molecule has 2 saturated heterocycles. The van der Waals surface area contributed by atoms with Gasteiger partial charge in [0.25, 0.3) is 5.69 Å². The highest BCUT2D eigenvalue weighted by Gasteiger charge is 2.49. The number of rotatable bonds is 3. The number of carbonyl (C=O) groups excluding carboxylic acids is 1. The molecule has 0 amide bonds. The standard InChI is InChI=1S/C16H20N2O4/c1-17-12-7-8-14(17)15(16(19)22-2)13(9-12)10-3-5-11(6-4-10)18(20)21/h3-6,12-15H,7-9H2,1-2H3/t12-,13?,14?,15?/m1/s1. The van der Waals surface area contributed by atoms with Crippen molar-refractivity contribution in [1.29, 1.82) is 0 Å². The van der Waals surface area contributed by atoms with Crippen molar-refractivity contribution >= 4 is 11.7 Å². The molecule has 3 unspecified atom stereocenters. The molecule has 2 aliphatic rings. The Balaban J connectivity index is 1.93. The van der Waals surface area contributed by atoms with E-state index in [1.165, 1.54) is 19.2 Å². The Morgan fingerprint density at radius 1 is 1.32 bits per heavy atom. The van der Waals surface area contributed by atoms with E-state index in [-0.39, 0.29) is 29.5 Å². The van der Waals surface area contributed by atoms with Crippen LogP contribution in [0.4, 0.5) is 5.69 Å². The number of nitro groups is 1. The minimum Gasteiger partial charge on any atom is -0.469 e. The fraction of sp³-hybridized carbons (Fsp3) is 0.562. The molecular formula is C16H20N2O4. The summed E-state index contributed by atoms with van der Waals surface area (Å²) in [6.07, 6.45) is 2.99. The van der Waals surface area contributed by atoms with Gasteiger partial charge in [0.15, 0.2) is 0 Å². The van der Waals surface area contributed by atoms with E-state index in [2.05, 4.69) is 11.9 Å². The lowest BCUT2D eigenvalue weighted by Gasteiger charge is -2.41. The number of nitro benzene ring substituents is 1.